The Labute approximate surface area is 130 Å². The molecule has 2 aromatic rings. The van der Waals surface area contributed by atoms with Crippen LogP contribution in [0.25, 0.3) is 0 Å². The lowest BCUT2D eigenvalue weighted by molar-refractivity contribution is -0.113. The second-order valence-corrected chi connectivity index (χ2v) is 6.03. The summed E-state index contributed by atoms with van der Waals surface area (Å²) in [7, 11) is 1.92. The highest BCUT2D eigenvalue weighted by Crippen LogP contribution is 2.21. The van der Waals surface area contributed by atoms with Gasteiger partial charge in [-0.05, 0) is 30.0 Å². The number of hydrogen-bond donors (Lipinski definition) is 1. The van der Waals surface area contributed by atoms with E-state index in [0.29, 0.717) is 11.7 Å². The fourth-order valence-electron chi connectivity index (χ4n) is 1.95. The van der Waals surface area contributed by atoms with Crippen molar-refractivity contribution in [1.29, 1.82) is 0 Å². The molecule has 0 aliphatic heterocycles. The molecule has 0 spiro atoms. The molecule has 1 aromatic heterocycles. The first kappa shape index (κ1) is 15.6. The number of benzene rings is 1. The van der Waals surface area contributed by atoms with Crippen molar-refractivity contribution < 1.29 is 4.79 Å². The SMILES string of the molecule is CC[C@@H](C)c1ccc(NC(=O)CSc2nccn2C)cc1. The summed E-state index contributed by atoms with van der Waals surface area (Å²) in [5.74, 6) is 0.894. The number of nitrogens with one attached hydrogen (secondary N) is 1. The summed E-state index contributed by atoms with van der Waals surface area (Å²) in [6.45, 7) is 4.38. The van der Waals surface area contributed by atoms with Crippen LogP contribution in [0.4, 0.5) is 5.69 Å². The van der Waals surface area contributed by atoms with Gasteiger partial charge in [0.15, 0.2) is 5.16 Å². The predicted molar refractivity (Wildman–Crippen MR) is 87.7 cm³/mol. The van der Waals surface area contributed by atoms with Gasteiger partial charge in [0.05, 0.1) is 5.75 Å². The minimum atomic E-state index is -0.0145. The van der Waals surface area contributed by atoms with Gasteiger partial charge in [0, 0.05) is 25.1 Å². The minimum absolute atomic E-state index is 0.0145. The highest BCUT2D eigenvalue weighted by atomic mass is 32.2. The van der Waals surface area contributed by atoms with Crippen LogP contribution >= 0.6 is 11.8 Å². The molecule has 112 valence electrons. The zero-order valence-electron chi connectivity index (χ0n) is 12.7. The molecule has 2 rings (SSSR count). The van der Waals surface area contributed by atoms with Crippen LogP contribution in [0.2, 0.25) is 0 Å². The third kappa shape index (κ3) is 4.36. The number of aryl methyl sites for hydroxylation is 1. The van der Waals surface area contributed by atoms with Gasteiger partial charge in [-0.3, -0.25) is 4.79 Å². The van der Waals surface area contributed by atoms with Gasteiger partial charge >= 0.3 is 0 Å². The third-order valence-corrected chi connectivity index (χ3v) is 4.54. The molecule has 0 bridgehead atoms. The molecular weight excluding hydrogens is 282 g/mol. The second kappa shape index (κ2) is 7.31. The molecule has 1 N–H and O–H groups in total. The van der Waals surface area contributed by atoms with Crippen LogP contribution in [-0.4, -0.2) is 21.2 Å². The van der Waals surface area contributed by atoms with Gasteiger partial charge in [-0.1, -0.05) is 37.7 Å². The van der Waals surface area contributed by atoms with Crippen LogP contribution in [0.5, 0.6) is 0 Å². The van der Waals surface area contributed by atoms with Gasteiger partial charge in [0.2, 0.25) is 5.91 Å². The first-order valence-electron chi connectivity index (χ1n) is 7.10. The van der Waals surface area contributed by atoms with Crippen molar-refractivity contribution in [2.24, 2.45) is 7.05 Å². The largest absolute Gasteiger partial charge is 0.329 e. The topological polar surface area (TPSA) is 46.9 Å². The third-order valence-electron chi connectivity index (χ3n) is 3.49. The standard InChI is InChI=1S/C16H21N3OS/c1-4-12(2)13-5-7-14(8-6-13)18-15(20)11-21-16-17-9-10-19(16)3/h5-10,12H,4,11H2,1-3H3,(H,18,20)/t12-/m1/s1. The zero-order valence-corrected chi connectivity index (χ0v) is 13.5. The fourth-order valence-corrected chi connectivity index (χ4v) is 2.68. The summed E-state index contributed by atoms with van der Waals surface area (Å²) in [6, 6.07) is 8.08. The molecule has 1 amide bonds. The average Bonchev–Trinajstić information content (AvgIpc) is 2.90. The van der Waals surface area contributed by atoms with Gasteiger partial charge < -0.3 is 9.88 Å². The molecule has 1 aromatic carbocycles. The van der Waals surface area contributed by atoms with Gasteiger partial charge in [-0.15, -0.1) is 0 Å². The van der Waals surface area contributed by atoms with E-state index in [2.05, 4.69) is 36.3 Å². The molecule has 0 saturated carbocycles. The number of imidazole rings is 1. The Hall–Kier alpha value is -1.75. The molecule has 0 saturated heterocycles. The van der Waals surface area contributed by atoms with E-state index in [0.717, 1.165) is 17.3 Å². The second-order valence-electron chi connectivity index (χ2n) is 5.09. The lowest BCUT2D eigenvalue weighted by Crippen LogP contribution is -2.14. The summed E-state index contributed by atoms with van der Waals surface area (Å²) in [5.41, 5.74) is 2.14. The molecule has 1 atom stereocenters. The number of nitrogens with zero attached hydrogens (tertiary/aromatic N) is 2. The number of carbonyl (C=O) groups is 1. The molecule has 0 radical (unpaired) electrons. The molecule has 0 aliphatic rings. The van der Waals surface area contributed by atoms with Crippen LogP contribution in [0.1, 0.15) is 31.7 Å². The monoisotopic (exact) mass is 303 g/mol. The Kier molecular flexibility index (Phi) is 5.44. The quantitative estimate of drug-likeness (QED) is 0.828. The van der Waals surface area contributed by atoms with Crippen LogP contribution in [0.15, 0.2) is 41.8 Å². The van der Waals surface area contributed by atoms with Crippen LogP contribution < -0.4 is 5.32 Å². The highest BCUT2D eigenvalue weighted by Gasteiger charge is 2.07. The van der Waals surface area contributed by atoms with Crippen molar-refractivity contribution in [2.75, 3.05) is 11.1 Å². The van der Waals surface area contributed by atoms with Crippen LogP contribution in [0.3, 0.4) is 0 Å². The molecule has 21 heavy (non-hydrogen) atoms. The van der Waals surface area contributed by atoms with E-state index in [1.54, 1.807) is 6.20 Å². The summed E-state index contributed by atoms with van der Waals surface area (Å²) in [5, 5.41) is 3.76. The Bertz CT molecular complexity index is 592. The average molecular weight is 303 g/mol. The number of aromatic nitrogens is 2. The number of carbonyl (C=O) groups excluding carboxylic acids is 1. The Morgan fingerprint density at radius 1 is 1.38 bits per heavy atom. The number of rotatable bonds is 6. The maximum Gasteiger partial charge on any atom is 0.234 e. The number of hydrogen-bond acceptors (Lipinski definition) is 3. The van der Waals surface area contributed by atoms with Gasteiger partial charge in [0.1, 0.15) is 0 Å². The Morgan fingerprint density at radius 3 is 2.67 bits per heavy atom. The lowest BCUT2D eigenvalue weighted by Gasteiger charge is -2.10. The molecule has 5 heteroatoms. The maximum atomic E-state index is 11.9. The van der Waals surface area contributed by atoms with E-state index in [1.165, 1.54) is 17.3 Å². The molecule has 0 aliphatic carbocycles. The molecular formula is C16H21N3OS. The zero-order chi connectivity index (χ0) is 15.2. The first-order valence-corrected chi connectivity index (χ1v) is 8.08. The van der Waals surface area contributed by atoms with Gasteiger partial charge in [0.25, 0.3) is 0 Å². The van der Waals surface area contributed by atoms with Crippen LogP contribution in [0, 0.1) is 0 Å². The molecule has 1 heterocycles. The van der Waals surface area contributed by atoms with E-state index in [4.69, 9.17) is 0 Å². The summed E-state index contributed by atoms with van der Waals surface area (Å²) in [4.78, 5) is 16.1. The smallest absolute Gasteiger partial charge is 0.234 e. The van der Waals surface area contributed by atoms with Crippen molar-refractivity contribution >= 4 is 23.4 Å². The van der Waals surface area contributed by atoms with E-state index in [9.17, 15) is 4.79 Å². The van der Waals surface area contributed by atoms with Gasteiger partial charge in [-0.25, -0.2) is 4.98 Å². The number of amides is 1. The minimum Gasteiger partial charge on any atom is -0.329 e. The number of anilines is 1. The van der Waals surface area contributed by atoms with Crippen LogP contribution in [-0.2, 0) is 11.8 Å². The normalized spacial score (nSPS) is 12.1. The van der Waals surface area contributed by atoms with E-state index in [1.807, 2.05) is 29.9 Å². The lowest BCUT2D eigenvalue weighted by atomic mass is 9.99. The van der Waals surface area contributed by atoms with E-state index >= 15 is 0 Å². The predicted octanol–water partition coefficient (Wildman–Crippen LogP) is 3.66. The Balaban J connectivity index is 1.86. The molecule has 4 nitrogen and oxygen atoms in total. The van der Waals surface area contributed by atoms with Crippen molar-refractivity contribution in [2.45, 2.75) is 31.3 Å². The maximum absolute atomic E-state index is 11.9. The van der Waals surface area contributed by atoms with Crippen molar-refractivity contribution in [1.82, 2.24) is 9.55 Å². The molecule has 0 unspecified atom stereocenters. The Morgan fingerprint density at radius 2 is 2.10 bits per heavy atom. The summed E-state index contributed by atoms with van der Waals surface area (Å²) >= 11 is 1.43. The van der Waals surface area contributed by atoms with E-state index < -0.39 is 0 Å². The van der Waals surface area contributed by atoms with Gasteiger partial charge in [-0.2, -0.15) is 0 Å². The molecule has 0 fully saturated rings. The van der Waals surface area contributed by atoms with Crippen molar-refractivity contribution in [3.63, 3.8) is 0 Å². The van der Waals surface area contributed by atoms with Crippen molar-refractivity contribution in [3.05, 3.63) is 42.2 Å². The summed E-state index contributed by atoms with van der Waals surface area (Å²) in [6.07, 6.45) is 4.72. The summed E-state index contributed by atoms with van der Waals surface area (Å²) < 4.78 is 1.90. The van der Waals surface area contributed by atoms with Crippen molar-refractivity contribution in [3.8, 4) is 0 Å². The highest BCUT2D eigenvalue weighted by molar-refractivity contribution is 7.99. The fraction of sp³-hybridized carbons (Fsp3) is 0.375. The first-order chi connectivity index (χ1) is 10.1. The number of thioether (sulfide) groups is 1. The van der Waals surface area contributed by atoms with E-state index in [-0.39, 0.29) is 5.91 Å².